The van der Waals surface area contributed by atoms with E-state index in [1.807, 2.05) is 6.07 Å². The van der Waals surface area contributed by atoms with Crippen LogP contribution >= 0.6 is 0 Å². The topological polar surface area (TPSA) is 17.1 Å². The highest BCUT2D eigenvalue weighted by Crippen LogP contribution is 2.07. The highest BCUT2D eigenvalue weighted by molar-refractivity contribution is 5.96. The second-order valence-corrected chi connectivity index (χ2v) is 2.75. The molecule has 68 valence electrons. The summed E-state index contributed by atoms with van der Waals surface area (Å²) < 4.78 is 12.7. The van der Waals surface area contributed by atoms with Crippen molar-refractivity contribution >= 4 is 5.78 Å². The van der Waals surface area contributed by atoms with Crippen molar-refractivity contribution in [1.29, 1.82) is 0 Å². The largest absolute Gasteiger partial charge is 0.294 e. The Morgan fingerprint density at radius 3 is 2.62 bits per heavy atom. The monoisotopic (exact) mass is 178 g/mol. The molecular formula is C11H11FO. The first-order valence-corrected chi connectivity index (χ1v) is 4.09. The molecule has 0 bridgehead atoms. The molecule has 0 N–H and O–H groups in total. The molecule has 0 aromatic heterocycles. The molecule has 1 rings (SSSR count). The lowest BCUT2D eigenvalue weighted by Crippen LogP contribution is -2.06. The number of hydrogen-bond donors (Lipinski definition) is 0. The highest BCUT2D eigenvalue weighted by Gasteiger charge is 2.10. The summed E-state index contributed by atoms with van der Waals surface area (Å²) in [4.78, 5) is 11.3. The van der Waals surface area contributed by atoms with Gasteiger partial charge in [0.2, 0.25) is 0 Å². The minimum atomic E-state index is -1.24. The summed E-state index contributed by atoms with van der Waals surface area (Å²) in [6.07, 6.45) is -0.221. The molecule has 0 aliphatic rings. The third-order valence-electron chi connectivity index (χ3n) is 1.73. The molecule has 1 nitrogen and oxygen atoms in total. The van der Waals surface area contributed by atoms with Gasteiger partial charge in [0.25, 0.3) is 0 Å². The smallest absolute Gasteiger partial charge is 0.166 e. The predicted molar refractivity (Wildman–Crippen MR) is 50.5 cm³/mol. The van der Waals surface area contributed by atoms with E-state index in [4.69, 9.17) is 0 Å². The van der Waals surface area contributed by atoms with Crippen LogP contribution in [0.2, 0.25) is 0 Å². The first kappa shape index (κ1) is 9.65. The Balaban J connectivity index is 2.64. The number of alkyl halides is 1. The zero-order valence-electron chi connectivity index (χ0n) is 7.24. The van der Waals surface area contributed by atoms with Gasteiger partial charge >= 0.3 is 0 Å². The van der Waals surface area contributed by atoms with Crippen LogP contribution in [0.25, 0.3) is 0 Å². The average Bonchev–Trinajstić information content (AvgIpc) is 2.19. The molecule has 0 amide bonds. The number of carbonyl (C=O) groups excluding carboxylic acids is 1. The van der Waals surface area contributed by atoms with Crippen LogP contribution in [0.5, 0.6) is 0 Å². The Kier molecular flexibility index (Phi) is 3.38. The summed E-state index contributed by atoms with van der Waals surface area (Å²) >= 11 is 0. The Morgan fingerprint density at radius 1 is 1.46 bits per heavy atom. The first-order valence-electron chi connectivity index (χ1n) is 4.09. The molecule has 1 atom stereocenters. The van der Waals surface area contributed by atoms with Gasteiger partial charge in [-0.25, -0.2) is 4.39 Å². The van der Waals surface area contributed by atoms with Crippen LogP contribution in [0.1, 0.15) is 16.8 Å². The first-order chi connectivity index (χ1) is 6.24. The molecule has 1 aromatic rings. The van der Waals surface area contributed by atoms with E-state index in [9.17, 15) is 9.18 Å². The van der Waals surface area contributed by atoms with Crippen LogP contribution in [0.3, 0.4) is 0 Å². The molecule has 0 spiro atoms. The second kappa shape index (κ2) is 4.55. The van der Waals surface area contributed by atoms with Crippen molar-refractivity contribution in [1.82, 2.24) is 0 Å². The van der Waals surface area contributed by atoms with Crippen molar-refractivity contribution in [3.05, 3.63) is 48.6 Å². The maximum atomic E-state index is 12.7. The summed E-state index contributed by atoms with van der Waals surface area (Å²) in [5.41, 5.74) is 0.548. The van der Waals surface area contributed by atoms with Gasteiger partial charge in [0.1, 0.15) is 6.17 Å². The molecule has 2 heteroatoms. The number of carbonyl (C=O) groups is 1. The van der Waals surface area contributed by atoms with Crippen molar-refractivity contribution in [3.8, 4) is 0 Å². The maximum absolute atomic E-state index is 12.7. The average molecular weight is 178 g/mol. The lowest BCUT2D eigenvalue weighted by atomic mass is 10.1. The number of benzene rings is 1. The Hall–Kier alpha value is -1.44. The number of allylic oxidation sites excluding steroid dienone is 1. The van der Waals surface area contributed by atoms with E-state index < -0.39 is 6.17 Å². The van der Waals surface area contributed by atoms with E-state index in [2.05, 4.69) is 6.58 Å². The minimum absolute atomic E-state index is 0.118. The summed E-state index contributed by atoms with van der Waals surface area (Å²) in [6, 6.07) is 8.69. The second-order valence-electron chi connectivity index (χ2n) is 2.75. The van der Waals surface area contributed by atoms with Crippen LogP contribution in [0.15, 0.2) is 43.0 Å². The van der Waals surface area contributed by atoms with Crippen LogP contribution in [-0.2, 0) is 0 Å². The Labute approximate surface area is 76.9 Å². The number of halogens is 1. The summed E-state index contributed by atoms with van der Waals surface area (Å²) in [7, 11) is 0. The van der Waals surface area contributed by atoms with Crippen molar-refractivity contribution in [3.63, 3.8) is 0 Å². The van der Waals surface area contributed by atoms with Gasteiger partial charge in [-0.15, -0.1) is 6.58 Å². The van der Waals surface area contributed by atoms with E-state index in [0.29, 0.717) is 5.56 Å². The predicted octanol–water partition coefficient (Wildman–Crippen LogP) is 2.78. The van der Waals surface area contributed by atoms with E-state index in [0.717, 1.165) is 6.08 Å². The van der Waals surface area contributed by atoms with Gasteiger partial charge in [-0.3, -0.25) is 4.79 Å². The number of hydrogen-bond acceptors (Lipinski definition) is 1. The van der Waals surface area contributed by atoms with Crippen molar-refractivity contribution in [2.45, 2.75) is 12.6 Å². The van der Waals surface area contributed by atoms with Gasteiger partial charge in [0.05, 0.1) is 0 Å². The zero-order valence-corrected chi connectivity index (χ0v) is 7.24. The van der Waals surface area contributed by atoms with Crippen LogP contribution < -0.4 is 0 Å². The van der Waals surface area contributed by atoms with E-state index >= 15 is 0 Å². The van der Waals surface area contributed by atoms with Crippen molar-refractivity contribution < 1.29 is 9.18 Å². The Morgan fingerprint density at radius 2 is 2.08 bits per heavy atom. The summed E-state index contributed by atoms with van der Waals surface area (Å²) in [5, 5.41) is 0. The fourth-order valence-electron chi connectivity index (χ4n) is 1.00. The fourth-order valence-corrected chi connectivity index (χ4v) is 1.00. The molecule has 1 aromatic carbocycles. The van der Waals surface area contributed by atoms with Gasteiger partial charge < -0.3 is 0 Å². The van der Waals surface area contributed by atoms with Crippen LogP contribution in [0, 0.1) is 0 Å². The van der Waals surface area contributed by atoms with E-state index in [-0.39, 0.29) is 12.2 Å². The van der Waals surface area contributed by atoms with Gasteiger partial charge in [-0.1, -0.05) is 36.4 Å². The fraction of sp³-hybridized carbons (Fsp3) is 0.182. The van der Waals surface area contributed by atoms with Crippen molar-refractivity contribution in [2.75, 3.05) is 0 Å². The normalized spacial score (nSPS) is 12.1. The van der Waals surface area contributed by atoms with Crippen molar-refractivity contribution in [2.24, 2.45) is 0 Å². The van der Waals surface area contributed by atoms with Gasteiger partial charge in [-0.2, -0.15) is 0 Å². The number of rotatable bonds is 4. The molecule has 0 saturated carbocycles. The maximum Gasteiger partial charge on any atom is 0.166 e. The zero-order chi connectivity index (χ0) is 9.68. The molecule has 0 aliphatic carbocycles. The number of Topliss-reactive ketones (excluding diaryl/α,β-unsaturated/α-hetero) is 1. The molecule has 0 fully saturated rings. The third-order valence-corrected chi connectivity index (χ3v) is 1.73. The molecule has 0 radical (unpaired) electrons. The lowest BCUT2D eigenvalue weighted by molar-refractivity contribution is 0.0960. The number of ketones is 1. The van der Waals surface area contributed by atoms with Gasteiger partial charge in [0, 0.05) is 12.0 Å². The molecule has 1 unspecified atom stereocenters. The molecule has 13 heavy (non-hydrogen) atoms. The molecule has 0 heterocycles. The summed E-state index contributed by atoms with van der Waals surface area (Å²) in [5.74, 6) is -0.187. The SMILES string of the molecule is C=CC(F)CC(=O)c1ccccc1. The molecule has 0 aliphatic heterocycles. The highest BCUT2D eigenvalue weighted by atomic mass is 19.1. The van der Waals surface area contributed by atoms with Gasteiger partial charge in [-0.05, 0) is 0 Å². The van der Waals surface area contributed by atoms with E-state index in [1.165, 1.54) is 0 Å². The van der Waals surface area contributed by atoms with Crippen LogP contribution in [0.4, 0.5) is 4.39 Å². The van der Waals surface area contributed by atoms with Crippen LogP contribution in [-0.4, -0.2) is 12.0 Å². The Bertz CT molecular complexity index is 292. The van der Waals surface area contributed by atoms with E-state index in [1.54, 1.807) is 24.3 Å². The standard InChI is InChI=1S/C11H11FO/c1-2-10(12)8-11(13)9-6-4-3-5-7-9/h2-7,10H,1,8H2. The lowest BCUT2D eigenvalue weighted by Gasteiger charge is -2.01. The van der Waals surface area contributed by atoms with Gasteiger partial charge in [0.15, 0.2) is 5.78 Å². The summed E-state index contributed by atoms with van der Waals surface area (Å²) in [6.45, 7) is 3.28. The molecular weight excluding hydrogens is 167 g/mol. The minimum Gasteiger partial charge on any atom is -0.294 e. The molecule has 0 saturated heterocycles. The quantitative estimate of drug-likeness (QED) is 0.511. The third kappa shape index (κ3) is 2.82.